The van der Waals surface area contributed by atoms with Crippen molar-refractivity contribution in [2.75, 3.05) is 39.0 Å². The Hall–Kier alpha value is -4.67. The molecule has 10 heteroatoms. The lowest BCUT2D eigenvalue weighted by Crippen LogP contribution is -2.20. The Labute approximate surface area is 237 Å². The number of aromatic nitrogens is 6. The topological polar surface area (TPSA) is 110 Å². The summed E-state index contributed by atoms with van der Waals surface area (Å²) in [6.07, 6.45) is 5.46. The lowest BCUT2D eigenvalue weighted by atomic mass is 10.0. The molecule has 9 nitrogen and oxygen atoms in total. The second kappa shape index (κ2) is 11.4. The number of pyridine rings is 2. The number of hydrogen-bond donors (Lipinski definition) is 4. The van der Waals surface area contributed by atoms with Crippen molar-refractivity contribution in [3.05, 3.63) is 78.5 Å². The van der Waals surface area contributed by atoms with E-state index in [4.69, 9.17) is 4.98 Å². The molecule has 0 atom stereocenters. The van der Waals surface area contributed by atoms with Crippen LogP contribution in [0.1, 0.15) is 12.5 Å². The predicted molar refractivity (Wildman–Crippen MR) is 162 cm³/mol. The van der Waals surface area contributed by atoms with Gasteiger partial charge in [-0.1, -0.05) is 13.0 Å². The van der Waals surface area contributed by atoms with Crippen LogP contribution < -0.4 is 10.6 Å². The highest BCUT2D eigenvalue weighted by Gasteiger charge is 2.17. The average Bonchev–Trinajstić information content (AvgIpc) is 3.59. The Morgan fingerprint density at radius 3 is 2.73 bits per heavy atom. The second-order valence-corrected chi connectivity index (χ2v) is 10.3. The fourth-order valence-electron chi connectivity index (χ4n) is 4.91. The third kappa shape index (κ3) is 5.65. The first-order chi connectivity index (χ1) is 20.0. The number of hydrogen-bond acceptors (Lipinski definition) is 7. The first-order valence-electron chi connectivity index (χ1n) is 13.7. The summed E-state index contributed by atoms with van der Waals surface area (Å²) in [5.41, 5.74) is 8.27. The number of imidazole rings is 1. The highest BCUT2D eigenvalue weighted by Crippen LogP contribution is 2.33. The average molecular weight is 550 g/mol. The molecule has 4 heterocycles. The van der Waals surface area contributed by atoms with Gasteiger partial charge in [0.1, 0.15) is 17.0 Å². The zero-order chi connectivity index (χ0) is 28.3. The van der Waals surface area contributed by atoms with E-state index in [0.717, 1.165) is 64.0 Å². The van der Waals surface area contributed by atoms with Crippen molar-refractivity contribution in [2.45, 2.75) is 13.5 Å². The van der Waals surface area contributed by atoms with E-state index in [1.165, 1.54) is 12.1 Å². The Kier molecular flexibility index (Phi) is 7.41. The van der Waals surface area contributed by atoms with E-state index < -0.39 is 0 Å². The van der Waals surface area contributed by atoms with E-state index in [9.17, 15) is 4.39 Å². The normalized spacial score (nSPS) is 11.6. The molecule has 208 valence electrons. The van der Waals surface area contributed by atoms with Crippen molar-refractivity contribution in [3.63, 3.8) is 0 Å². The second-order valence-electron chi connectivity index (χ2n) is 10.3. The number of fused-ring (bicyclic) bond motifs is 2. The molecular formula is C31H32FN9. The van der Waals surface area contributed by atoms with Crippen molar-refractivity contribution in [1.82, 2.24) is 40.3 Å². The minimum atomic E-state index is -0.314. The lowest BCUT2D eigenvalue weighted by Gasteiger charge is -2.12. The van der Waals surface area contributed by atoms with E-state index in [-0.39, 0.29) is 5.82 Å². The minimum Gasteiger partial charge on any atom is -0.384 e. The van der Waals surface area contributed by atoms with Crippen LogP contribution in [-0.2, 0) is 6.54 Å². The van der Waals surface area contributed by atoms with Crippen LogP contribution in [0.15, 0.2) is 67.1 Å². The molecule has 4 aromatic heterocycles. The molecule has 0 radical (unpaired) electrons. The van der Waals surface area contributed by atoms with Gasteiger partial charge in [0.25, 0.3) is 0 Å². The van der Waals surface area contributed by atoms with Crippen molar-refractivity contribution in [1.29, 1.82) is 0 Å². The smallest absolute Gasteiger partial charge is 0.160 e. The molecule has 0 bridgehead atoms. The maximum Gasteiger partial charge on any atom is 0.160 e. The molecule has 0 aliphatic carbocycles. The van der Waals surface area contributed by atoms with Gasteiger partial charge in [0, 0.05) is 60.4 Å². The molecule has 4 N–H and O–H groups in total. The van der Waals surface area contributed by atoms with Gasteiger partial charge in [-0.2, -0.15) is 5.10 Å². The summed E-state index contributed by atoms with van der Waals surface area (Å²) in [5.74, 6) is 0.272. The van der Waals surface area contributed by atoms with E-state index in [2.05, 4.69) is 65.8 Å². The third-order valence-corrected chi connectivity index (χ3v) is 6.98. The van der Waals surface area contributed by atoms with Gasteiger partial charge >= 0.3 is 0 Å². The van der Waals surface area contributed by atoms with Gasteiger partial charge in [0.05, 0.1) is 5.52 Å². The first kappa shape index (κ1) is 26.5. The molecule has 2 aromatic carbocycles. The summed E-state index contributed by atoms with van der Waals surface area (Å²) < 4.78 is 14.6. The standard InChI is InChI=1S/C31H32FN9/c1-4-33-16-19-11-22(18-34-17-19)20-5-6-27-26(14-20)29(40-39-27)31-37-28-25(7-8-36-30(28)38-31)21-12-23(32)15-24(13-21)35-9-10-41(2)3/h5-8,11-15,17-18,33,35H,4,9-10,16H2,1-3H3,(H,39,40)(H,36,37,38). The summed E-state index contributed by atoms with van der Waals surface area (Å²) in [6, 6.07) is 15.2. The van der Waals surface area contributed by atoms with Gasteiger partial charge in [-0.15, -0.1) is 0 Å². The molecule has 41 heavy (non-hydrogen) atoms. The molecule has 0 saturated carbocycles. The van der Waals surface area contributed by atoms with Crippen molar-refractivity contribution >= 4 is 27.8 Å². The Balaban J connectivity index is 1.37. The summed E-state index contributed by atoms with van der Waals surface area (Å²) in [5, 5.41) is 15.3. The molecular weight excluding hydrogens is 517 g/mol. The fraction of sp³-hybridized carbons (Fsp3) is 0.226. The summed E-state index contributed by atoms with van der Waals surface area (Å²) in [7, 11) is 4.01. The minimum absolute atomic E-state index is 0.314. The monoisotopic (exact) mass is 549 g/mol. The Bertz CT molecular complexity index is 1820. The van der Waals surface area contributed by atoms with Crippen LogP contribution in [0.5, 0.6) is 0 Å². The summed E-state index contributed by atoms with van der Waals surface area (Å²) in [6.45, 7) is 5.30. The van der Waals surface area contributed by atoms with Crippen molar-refractivity contribution in [2.24, 2.45) is 0 Å². The largest absolute Gasteiger partial charge is 0.384 e. The maximum atomic E-state index is 14.6. The van der Waals surface area contributed by atoms with Gasteiger partial charge < -0.3 is 20.5 Å². The van der Waals surface area contributed by atoms with Gasteiger partial charge in [0.2, 0.25) is 0 Å². The van der Waals surface area contributed by atoms with Gasteiger partial charge in [-0.05, 0) is 79.8 Å². The molecule has 0 spiro atoms. The van der Waals surface area contributed by atoms with Crippen LogP contribution in [-0.4, -0.2) is 68.8 Å². The SMILES string of the molecule is CCNCc1cncc(-c2ccc3[nH]nc(-c4nc5c(-c6cc(F)cc(NCCN(C)C)c6)ccnc5[nH]4)c3c2)c1. The molecule has 0 unspecified atom stereocenters. The summed E-state index contributed by atoms with van der Waals surface area (Å²) >= 11 is 0. The van der Waals surface area contributed by atoms with E-state index in [1.807, 2.05) is 44.7 Å². The van der Waals surface area contributed by atoms with E-state index in [0.29, 0.717) is 29.2 Å². The summed E-state index contributed by atoms with van der Waals surface area (Å²) in [4.78, 5) is 19.3. The lowest BCUT2D eigenvalue weighted by molar-refractivity contribution is 0.425. The number of aromatic amines is 2. The molecule has 0 saturated heterocycles. The van der Waals surface area contributed by atoms with Crippen molar-refractivity contribution in [3.8, 4) is 33.8 Å². The highest BCUT2D eigenvalue weighted by molar-refractivity contribution is 5.97. The predicted octanol–water partition coefficient (Wildman–Crippen LogP) is 5.45. The number of nitrogens with one attached hydrogen (secondary N) is 4. The highest BCUT2D eigenvalue weighted by atomic mass is 19.1. The fourth-order valence-corrected chi connectivity index (χ4v) is 4.91. The molecule has 6 rings (SSSR count). The molecule has 0 amide bonds. The number of H-pyrrole nitrogens is 2. The molecule has 0 aliphatic rings. The molecule has 6 aromatic rings. The van der Waals surface area contributed by atoms with Crippen LogP contribution in [0, 0.1) is 5.82 Å². The zero-order valence-corrected chi connectivity index (χ0v) is 23.3. The Morgan fingerprint density at radius 2 is 1.88 bits per heavy atom. The van der Waals surface area contributed by atoms with E-state index in [1.54, 1.807) is 6.20 Å². The molecule has 0 fully saturated rings. The van der Waals surface area contributed by atoms with Crippen molar-refractivity contribution < 1.29 is 4.39 Å². The van der Waals surface area contributed by atoms with Crippen LogP contribution in [0.2, 0.25) is 0 Å². The number of likely N-dealkylation sites (N-methyl/N-ethyl adjacent to an activating group) is 1. The number of benzene rings is 2. The number of nitrogens with zero attached hydrogens (tertiary/aromatic N) is 5. The van der Waals surface area contributed by atoms with Crippen LogP contribution in [0.4, 0.5) is 10.1 Å². The van der Waals surface area contributed by atoms with E-state index >= 15 is 0 Å². The van der Waals surface area contributed by atoms with Crippen LogP contribution in [0.25, 0.3) is 55.8 Å². The molecule has 0 aliphatic heterocycles. The first-order valence-corrected chi connectivity index (χ1v) is 13.7. The van der Waals surface area contributed by atoms with Crippen LogP contribution in [0.3, 0.4) is 0 Å². The van der Waals surface area contributed by atoms with Gasteiger partial charge in [-0.3, -0.25) is 10.1 Å². The number of anilines is 1. The maximum absolute atomic E-state index is 14.6. The van der Waals surface area contributed by atoms with Crippen LogP contribution >= 0.6 is 0 Å². The zero-order valence-electron chi connectivity index (χ0n) is 23.3. The third-order valence-electron chi connectivity index (χ3n) is 6.98. The number of halogens is 1. The van der Waals surface area contributed by atoms with Gasteiger partial charge in [-0.25, -0.2) is 14.4 Å². The quantitative estimate of drug-likeness (QED) is 0.180. The van der Waals surface area contributed by atoms with Gasteiger partial charge in [0.15, 0.2) is 11.5 Å². The Morgan fingerprint density at radius 1 is 0.976 bits per heavy atom. The number of rotatable bonds is 10.